The van der Waals surface area contributed by atoms with Gasteiger partial charge in [-0.05, 0) is 35.3 Å². The Morgan fingerprint density at radius 1 is 1.31 bits per heavy atom. The number of H-pyrrole nitrogens is 1. The Morgan fingerprint density at radius 2 is 2.04 bits per heavy atom. The van der Waals surface area contributed by atoms with Gasteiger partial charge in [0.25, 0.3) is 5.91 Å². The van der Waals surface area contributed by atoms with Crippen LogP contribution >= 0.6 is 12.2 Å². The highest BCUT2D eigenvalue weighted by atomic mass is 32.1. The summed E-state index contributed by atoms with van der Waals surface area (Å²) >= 11 is 5.15. The van der Waals surface area contributed by atoms with Crippen LogP contribution in [-0.2, 0) is 0 Å². The molecule has 1 atom stereocenters. The van der Waals surface area contributed by atoms with Crippen LogP contribution < -0.4 is 5.32 Å². The van der Waals surface area contributed by atoms with E-state index < -0.39 is 0 Å². The van der Waals surface area contributed by atoms with E-state index in [2.05, 4.69) is 15.5 Å². The van der Waals surface area contributed by atoms with Crippen molar-refractivity contribution in [1.29, 1.82) is 0 Å². The van der Waals surface area contributed by atoms with E-state index in [1.807, 2.05) is 44.2 Å². The Morgan fingerprint density at radius 3 is 2.73 bits per heavy atom. The fraction of sp³-hybridized carbons (Fsp3) is 0.316. The summed E-state index contributed by atoms with van der Waals surface area (Å²) in [6, 6.07) is 13.4. The molecule has 2 aromatic heterocycles. The fourth-order valence-corrected chi connectivity index (χ4v) is 3.17. The van der Waals surface area contributed by atoms with E-state index >= 15 is 0 Å². The molecule has 3 N–H and O–H groups in total. The van der Waals surface area contributed by atoms with E-state index in [0.29, 0.717) is 22.5 Å². The number of nitrogens with zero attached hydrogens (tertiary/aromatic N) is 2. The minimum atomic E-state index is -0.369. The number of pyridine rings is 1. The van der Waals surface area contributed by atoms with E-state index in [-0.39, 0.29) is 23.8 Å². The molecular weight excluding hydrogens is 348 g/mol. The Bertz CT molecular complexity index is 962. The van der Waals surface area contributed by atoms with Gasteiger partial charge in [-0.15, -0.1) is 0 Å². The molecular formula is C19H22N4O2S. The molecule has 0 aliphatic rings. The molecule has 2 heterocycles. The predicted molar refractivity (Wildman–Crippen MR) is 103 cm³/mol. The molecule has 6 nitrogen and oxygen atoms in total. The zero-order chi connectivity index (χ0) is 18.7. The molecule has 0 unspecified atom stereocenters. The Hall–Kier alpha value is -2.51. The highest BCUT2D eigenvalue weighted by molar-refractivity contribution is 7.71. The summed E-state index contributed by atoms with van der Waals surface area (Å²) < 4.78 is 2.11. The molecule has 0 aliphatic carbocycles. The Labute approximate surface area is 156 Å². The van der Waals surface area contributed by atoms with Crippen LogP contribution in [-0.4, -0.2) is 38.8 Å². The van der Waals surface area contributed by atoms with Crippen molar-refractivity contribution in [3.8, 4) is 0 Å². The van der Waals surface area contributed by atoms with Gasteiger partial charge >= 0.3 is 0 Å². The lowest BCUT2D eigenvalue weighted by Gasteiger charge is -2.33. The smallest absolute Gasteiger partial charge is 0.252 e. The second-order valence-electron chi connectivity index (χ2n) is 6.99. The van der Waals surface area contributed by atoms with Gasteiger partial charge in [0.15, 0.2) is 10.4 Å². The van der Waals surface area contributed by atoms with Gasteiger partial charge in [0.05, 0.1) is 5.56 Å². The number of fused-ring (bicyclic) bond motifs is 1. The average Bonchev–Trinajstić information content (AvgIpc) is 3.03. The van der Waals surface area contributed by atoms with Crippen LogP contribution in [0.1, 0.15) is 35.7 Å². The highest BCUT2D eigenvalue weighted by Gasteiger charge is 2.30. The number of hydrogen-bond donors (Lipinski definition) is 3. The molecule has 0 fully saturated rings. The second kappa shape index (κ2) is 7.39. The third kappa shape index (κ3) is 3.68. The van der Waals surface area contributed by atoms with Gasteiger partial charge in [0.1, 0.15) is 0 Å². The van der Waals surface area contributed by atoms with Crippen LogP contribution in [0.2, 0.25) is 0 Å². The number of nitrogens with one attached hydrogen (secondary N) is 2. The molecule has 3 aromatic rings. The molecule has 0 bridgehead atoms. The van der Waals surface area contributed by atoms with E-state index in [1.165, 1.54) is 0 Å². The number of aliphatic hydroxyl groups excluding tert-OH is 1. The van der Waals surface area contributed by atoms with Crippen molar-refractivity contribution in [2.75, 3.05) is 13.2 Å². The average molecular weight is 370 g/mol. The molecule has 7 heteroatoms. The van der Waals surface area contributed by atoms with Crippen LogP contribution in [0.5, 0.6) is 0 Å². The quantitative estimate of drug-likeness (QED) is 0.583. The lowest BCUT2D eigenvalue weighted by molar-refractivity contribution is 0.0919. The molecule has 26 heavy (non-hydrogen) atoms. The number of carbonyl (C=O) groups is 1. The molecule has 0 spiro atoms. The first-order valence-corrected chi connectivity index (χ1v) is 8.84. The molecule has 0 radical (unpaired) electrons. The van der Waals surface area contributed by atoms with Gasteiger partial charge < -0.3 is 10.4 Å². The molecule has 1 amide bonds. The van der Waals surface area contributed by atoms with Crippen molar-refractivity contribution in [2.45, 2.75) is 19.8 Å². The highest BCUT2D eigenvalue weighted by Crippen LogP contribution is 2.34. The van der Waals surface area contributed by atoms with Crippen LogP contribution in [0.25, 0.3) is 5.65 Å². The number of rotatable bonds is 6. The van der Waals surface area contributed by atoms with Gasteiger partial charge in [0, 0.05) is 25.3 Å². The van der Waals surface area contributed by atoms with E-state index in [9.17, 15) is 9.90 Å². The Balaban J connectivity index is 1.80. The van der Waals surface area contributed by atoms with E-state index in [1.54, 1.807) is 22.7 Å². The second-order valence-corrected chi connectivity index (χ2v) is 7.38. The minimum Gasteiger partial charge on any atom is -0.396 e. The van der Waals surface area contributed by atoms with Gasteiger partial charge in [-0.2, -0.15) is 5.10 Å². The summed E-state index contributed by atoms with van der Waals surface area (Å²) in [6.07, 6.45) is 1.67. The maximum absolute atomic E-state index is 12.6. The van der Waals surface area contributed by atoms with Crippen molar-refractivity contribution >= 4 is 23.8 Å². The first kappa shape index (κ1) is 18.3. The SMILES string of the molecule is CC(C)(CO)[C@@H](CNC(=O)c1ccc2n[nH]c(=S)n2c1)c1ccccc1. The first-order valence-electron chi connectivity index (χ1n) is 8.43. The summed E-state index contributed by atoms with van der Waals surface area (Å²) in [6.45, 7) is 4.44. The van der Waals surface area contributed by atoms with Gasteiger partial charge in [-0.1, -0.05) is 44.2 Å². The van der Waals surface area contributed by atoms with Crippen molar-refractivity contribution in [3.63, 3.8) is 0 Å². The van der Waals surface area contributed by atoms with Gasteiger partial charge in [0.2, 0.25) is 0 Å². The zero-order valence-electron chi connectivity index (χ0n) is 14.8. The van der Waals surface area contributed by atoms with E-state index in [4.69, 9.17) is 12.2 Å². The maximum atomic E-state index is 12.6. The van der Waals surface area contributed by atoms with Crippen molar-refractivity contribution < 1.29 is 9.90 Å². The summed E-state index contributed by atoms with van der Waals surface area (Å²) in [4.78, 5) is 12.6. The lowest BCUT2D eigenvalue weighted by atomic mass is 9.75. The van der Waals surface area contributed by atoms with E-state index in [0.717, 1.165) is 5.56 Å². The predicted octanol–water partition coefficient (Wildman–Crippen LogP) is 2.92. The minimum absolute atomic E-state index is 0.0162. The summed E-state index contributed by atoms with van der Waals surface area (Å²) in [5, 5.41) is 19.5. The van der Waals surface area contributed by atoms with Crippen molar-refractivity contribution in [1.82, 2.24) is 19.9 Å². The maximum Gasteiger partial charge on any atom is 0.252 e. The number of carbonyl (C=O) groups excluding carboxylic acids is 1. The largest absolute Gasteiger partial charge is 0.396 e. The lowest BCUT2D eigenvalue weighted by Crippen LogP contribution is -2.37. The summed E-state index contributed by atoms with van der Waals surface area (Å²) in [7, 11) is 0. The molecule has 3 rings (SSSR count). The van der Waals surface area contributed by atoms with Crippen LogP contribution in [0.3, 0.4) is 0 Å². The van der Waals surface area contributed by atoms with Crippen molar-refractivity contribution in [3.05, 3.63) is 64.6 Å². The van der Waals surface area contributed by atoms with Crippen LogP contribution in [0.15, 0.2) is 48.7 Å². The molecule has 0 saturated carbocycles. The third-order valence-corrected chi connectivity index (χ3v) is 4.98. The molecule has 136 valence electrons. The van der Waals surface area contributed by atoms with Crippen molar-refractivity contribution in [2.24, 2.45) is 5.41 Å². The topological polar surface area (TPSA) is 82.4 Å². The van der Waals surface area contributed by atoms with Crippen LogP contribution in [0.4, 0.5) is 0 Å². The number of benzene rings is 1. The van der Waals surface area contributed by atoms with Crippen LogP contribution in [0, 0.1) is 10.2 Å². The first-order chi connectivity index (χ1) is 12.4. The standard InChI is InChI=1S/C19H22N4O2S/c1-19(2,12-24)15(13-6-4-3-5-7-13)10-20-17(25)14-8-9-16-21-22-18(26)23(16)11-14/h3-9,11,15,24H,10,12H2,1-2H3,(H,20,25)(H,22,26)/t15-/m0/s1. The summed E-state index contributed by atoms with van der Waals surface area (Å²) in [5.41, 5.74) is 1.88. The molecule has 0 saturated heterocycles. The number of aromatic amines is 1. The number of aromatic nitrogens is 3. The number of amides is 1. The zero-order valence-corrected chi connectivity index (χ0v) is 15.6. The molecule has 1 aromatic carbocycles. The summed E-state index contributed by atoms with van der Waals surface area (Å²) in [5.74, 6) is -0.206. The monoisotopic (exact) mass is 370 g/mol. The van der Waals surface area contributed by atoms with Gasteiger partial charge in [-0.25, -0.2) is 0 Å². The normalized spacial score (nSPS) is 12.9. The Kier molecular flexibility index (Phi) is 5.20. The van der Waals surface area contributed by atoms with Gasteiger partial charge in [-0.3, -0.25) is 14.3 Å². The molecule has 0 aliphatic heterocycles. The number of aliphatic hydroxyl groups is 1. The number of hydrogen-bond acceptors (Lipinski definition) is 4. The third-order valence-electron chi connectivity index (χ3n) is 4.69. The fourth-order valence-electron chi connectivity index (χ4n) is 2.98.